The minimum atomic E-state index is -0.601. The van der Waals surface area contributed by atoms with Crippen LogP contribution >= 0.6 is 0 Å². The van der Waals surface area contributed by atoms with E-state index in [0.29, 0.717) is 11.7 Å². The number of rotatable bonds is 2. The Kier molecular flexibility index (Phi) is 3.36. The molecular weight excluding hydrogens is 300 g/mol. The average Bonchev–Trinajstić information content (AvgIpc) is 2.73. The quantitative estimate of drug-likeness (QED) is 0.787. The summed E-state index contributed by atoms with van der Waals surface area (Å²) < 4.78 is 0. The van der Waals surface area contributed by atoms with Gasteiger partial charge in [0.25, 0.3) is 0 Å². The summed E-state index contributed by atoms with van der Waals surface area (Å²) in [6.07, 6.45) is 10.1. The second-order valence-electron chi connectivity index (χ2n) is 10.0. The highest BCUT2D eigenvalue weighted by Crippen LogP contribution is 2.73. The Morgan fingerprint density at radius 2 is 1.83 bits per heavy atom. The van der Waals surface area contributed by atoms with E-state index in [4.69, 9.17) is 0 Å². The van der Waals surface area contributed by atoms with Crippen LogP contribution in [0.1, 0.15) is 85.0 Å². The Labute approximate surface area is 145 Å². The van der Waals surface area contributed by atoms with Gasteiger partial charge in [-0.3, -0.25) is 9.59 Å². The van der Waals surface area contributed by atoms with Crippen molar-refractivity contribution in [3.8, 4) is 0 Å². The molecule has 4 aliphatic rings. The van der Waals surface area contributed by atoms with Crippen molar-refractivity contribution in [2.75, 3.05) is 0 Å². The fourth-order valence-electron chi connectivity index (χ4n) is 8.09. The molecule has 1 N–H and O–H groups in total. The lowest BCUT2D eigenvalue weighted by Gasteiger charge is -2.63. The monoisotopic (exact) mass is 332 g/mol. The first-order valence-corrected chi connectivity index (χ1v) is 9.99. The molecule has 134 valence electrons. The maximum Gasteiger partial charge on any atom is 0.309 e. The van der Waals surface area contributed by atoms with Crippen LogP contribution in [0.3, 0.4) is 0 Å². The highest BCUT2D eigenvalue weighted by molar-refractivity contribution is 5.88. The van der Waals surface area contributed by atoms with Crippen molar-refractivity contribution in [2.24, 2.45) is 33.5 Å². The van der Waals surface area contributed by atoms with Gasteiger partial charge in [-0.05, 0) is 81.0 Å². The number of carboxylic acid groups (broad SMARTS) is 1. The minimum absolute atomic E-state index is 0.0372. The van der Waals surface area contributed by atoms with Crippen LogP contribution in [0.25, 0.3) is 0 Å². The Bertz CT molecular complexity index is 598. The molecule has 3 heteroatoms. The zero-order valence-electron chi connectivity index (χ0n) is 15.5. The van der Waals surface area contributed by atoms with Gasteiger partial charge in [-0.1, -0.05) is 20.3 Å². The third-order valence-electron chi connectivity index (χ3n) is 9.31. The third kappa shape index (κ3) is 1.79. The number of ketones is 1. The molecule has 3 unspecified atom stereocenters. The third-order valence-corrected chi connectivity index (χ3v) is 9.31. The van der Waals surface area contributed by atoms with Crippen molar-refractivity contribution >= 4 is 11.8 Å². The second kappa shape index (κ2) is 4.86. The zero-order chi connectivity index (χ0) is 17.4. The summed E-state index contributed by atoms with van der Waals surface area (Å²) in [7, 11) is 0. The standard InChI is InChI=1S/C21H32O3/c1-4-20-10-7-15-18(2)8-5-9-19(3,17(23)24)14(18)6-11-21(15,13-20)12-16(20)22/h14-15H,4-13H2,1-3H3,(H,23,24)/t14?,15?,18-,19-,20?,21-/m1/s1. The van der Waals surface area contributed by atoms with Crippen LogP contribution in [-0.2, 0) is 9.59 Å². The molecule has 0 aliphatic heterocycles. The maximum absolute atomic E-state index is 12.9. The van der Waals surface area contributed by atoms with Crippen molar-refractivity contribution in [3.63, 3.8) is 0 Å². The molecule has 0 aromatic heterocycles. The lowest BCUT2D eigenvalue weighted by atomic mass is 9.40. The molecule has 2 bridgehead atoms. The molecule has 4 fully saturated rings. The molecule has 0 aromatic rings. The number of carbonyl (C=O) groups is 2. The van der Waals surface area contributed by atoms with Crippen LogP contribution in [0, 0.1) is 33.5 Å². The summed E-state index contributed by atoms with van der Waals surface area (Å²) in [6, 6.07) is 0. The summed E-state index contributed by atoms with van der Waals surface area (Å²) in [5, 5.41) is 9.94. The summed E-state index contributed by atoms with van der Waals surface area (Å²) in [5.74, 6) is 0.743. The van der Waals surface area contributed by atoms with Crippen LogP contribution in [-0.4, -0.2) is 16.9 Å². The number of hydrogen-bond acceptors (Lipinski definition) is 2. The van der Waals surface area contributed by atoms with Crippen LogP contribution in [0.2, 0.25) is 0 Å². The smallest absolute Gasteiger partial charge is 0.309 e. The van der Waals surface area contributed by atoms with Gasteiger partial charge in [-0.15, -0.1) is 0 Å². The van der Waals surface area contributed by atoms with Crippen molar-refractivity contribution in [1.29, 1.82) is 0 Å². The molecule has 0 saturated heterocycles. The molecule has 3 nitrogen and oxygen atoms in total. The first-order valence-electron chi connectivity index (χ1n) is 9.99. The minimum Gasteiger partial charge on any atom is -0.481 e. The van der Waals surface area contributed by atoms with Gasteiger partial charge in [-0.2, -0.15) is 0 Å². The predicted octanol–water partition coefficient (Wildman–Crippen LogP) is 4.83. The number of hydrogen-bond donors (Lipinski definition) is 1. The van der Waals surface area contributed by atoms with Gasteiger partial charge in [0, 0.05) is 11.8 Å². The SMILES string of the molecule is CCC12CCC3[C@](CCC4[C@@]3(C)CCC[C@@]4(C)C(=O)O)(CC1=O)C2. The summed E-state index contributed by atoms with van der Waals surface area (Å²) in [5.41, 5.74) is -0.317. The van der Waals surface area contributed by atoms with E-state index in [-0.39, 0.29) is 22.2 Å². The lowest BCUT2D eigenvalue weighted by Crippen LogP contribution is -2.58. The van der Waals surface area contributed by atoms with E-state index in [9.17, 15) is 14.7 Å². The molecule has 6 atom stereocenters. The highest BCUT2D eigenvalue weighted by Gasteiger charge is 2.68. The fourth-order valence-corrected chi connectivity index (χ4v) is 8.09. The van der Waals surface area contributed by atoms with Gasteiger partial charge in [0.05, 0.1) is 5.41 Å². The molecular formula is C21H32O3. The highest BCUT2D eigenvalue weighted by atomic mass is 16.4. The number of Topliss-reactive ketones (excluding diaryl/α,β-unsaturated/α-hetero) is 1. The van der Waals surface area contributed by atoms with Crippen molar-refractivity contribution in [1.82, 2.24) is 0 Å². The predicted molar refractivity (Wildman–Crippen MR) is 92.5 cm³/mol. The summed E-state index contributed by atoms with van der Waals surface area (Å²) >= 11 is 0. The van der Waals surface area contributed by atoms with Crippen molar-refractivity contribution < 1.29 is 14.7 Å². The first kappa shape index (κ1) is 16.6. The molecule has 4 aliphatic carbocycles. The van der Waals surface area contributed by atoms with Crippen LogP contribution in [0.15, 0.2) is 0 Å². The van der Waals surface area contributed by atoms with Gasteiger partial charge in [-0.25, -0.2) is 0 Å². The Hall–Kier alpha value is -0.860. The van der Waals surface area contributed by atoms with Gasteiger partial charge >= 0.3 is 5.97 Å². The van der Waals surface area contributed by atoms with Crippen molar-refractivity contribution in [3.05, 3.63) is 0 Å². The molecule has 1 spiro atoms. The van der Waals surface area contributed by atoms with E-state index >= 15 is 0 Å². The number of carbonyl (C=O) groups excluding carboxylic acids is 1. The fraction of sp³-hybridized carbons (Fsp3) is 0.905. The van der Waals surface area contributed by atoms with E-state index in [1.54, 1.807) is 0 Å². The molecule has 0 aromatic carbocycles. The molecule has 0 amide bonds. The topological polar surface area (TPSA) is 54.4 Å². The van der Waals surface area contributed by atoms with E-state index in [2.05, 4.69) is 13.8 Å². The van der Waals surface area contributed by atoms with Gasteiger partial charge < -0.3 is 5.11 Å². The normalized spacial score (nSPS) is 53.4. The van der Waals surface area contributed by atoms with Crippen LogP contribution in [0.5, 0.6) is 0 Å². The van der Waals surface area contributed by atoms with Crippen molar-refractivity contribution in [2.45, 2.75) is 85.0 Å². The summed E-state index contributed by atoms with van der Waals surface area (Å²) in [6.45, 7) is 6.56. The number of fused-ring (bicyclic) bond motifs is 3. The lowest BCUT2D eigenvalue weighted by molar-refractivity contribution is -0.183. The second-order valence-corrected chi connectivity index (χ2v) is 10.0. The zero-order valence-corrected chi connectivity index (χ0v) is 15.5. The number of carboxylic acids is 1. The molecule has 0 heterocycles. The molecule has 24 heavy (non-hydrogen) atoms. The number of aliphatic carboxylic acids is 1. The molecule has 4 rings (SSSR count). The van der Waals surface area contributed by atoms with Gasteiger partial charge in [0.2, 0.25) is 0 Å². The maximum atomic E-state index is 12.9. The van der Waals surface area contributed by atoms with E-state index < -0.39 is 11.4 Å². The largest absolute Gasteiger partial charge is 0.481 e. The van der Waals surface area contributed by atoms with E-state index in [1.807, 2.05) is 6.92 Å². The first-order chi connectivity index (χ1) is 11.2. The van der Waals surface area contributed by atoms with Crippen LogP contribution < -0.4 is 0 Å². The van der Waals surface area contributed by atoms with Gasteiger partial charge in [0.1, 0.15) is 5.78 Å². The summed E-state index contributed by atoms with van der Waals surface area (Å²) in [4.78, 5) is 25.0. The van der Waals surface area contributed by atoms with Gasteiger partial charge in [0.15, 0.2) is 0 Å². The Morgan fingerprint density at radius 1 is 1.12 bits per heavy atom. The molecule has 0 radical (unpaired) electrons. The Morgan fingerprint density at radius 3 is 2.50 bits per heavy atom. The average molecular weight is 332 g/mol. The molecule has 4 saturated carbocycles. The van der Waals surface area contributed by atoms with E-state index in [1.165, 1.54) is 0 Å². The Balaban J connectivity index is 1.74. The van der Waals surface area contributed by atoms with Crippen LogP contribution in [0.4, 0.5) is 0 Å². The van der Waals surface area contributed by atoms with E-state index in [0.717, 1.165) is 64.2 Å².